The van der Waals surface area contributed by atoms with Crippen LogP contribution < -0.4 is 0 Å². The maximum Gasteiger partial charge on any atom is 0 e. The fourth-order valence-corrected chi connectivity index (χ4v) is 0. The van der Waals surface area contributed by atoms with E-state index in [1.165, 1.54) is 0 Å². The molecule has 0 aliphatic rings. The molecule has 0 unspecified atom stereocenters. The number of halogens is 3. The largest absolute Gasteiger partial charge is 0 e. The van der Waals surface area contributed by atoms with Gasteiger partial charge in [0.1, 0.15) is 0 Å². The van der Waals surface area contributed by atoms with E-state index in [4.69, 9.17) is 29.1 Å². The van der Waals surface area contributed by atoms with Gasteiger partial charge in [0.2, 0.25) is 0 Å². The van der Waals surface area contributed by atoms with Gasteiger partial charge in [-0.05, 0) is 0 Å². The van der Waals surface area contributed by atoms with Crippen LogP contribution in [0.2, 0.25) is 0 Å². The normalized spacial score (nSPS) is 9.00. The van der Waals surface area contributed by atoms with Gasteiger partial charge in [-0.2, -0.15) is 0 Å². The van der Waals surface area contributed by atoms with Crippen LogP contribution in [0.15, 0.2) is 0 Å². The predicted octanol–water partition coefficient (Wildman–Crippen LogP) is 2.06. The van der Waals surface area contributed by atoms with E-state index in [-0.39, 0.29) is 17.1 Å². The van der Waals surface area contributed by atoms with E-state index in [1.54, 1.807) is 0 Å². The van der Waals surface area contributed by atoms with Crippen LogP contribution in [0.1, 0.15) is 0 Å². The van der Waals surface area contributed by atoms with E-state index in [0.29, 0.717) is 0 Å². The Morgan fingerprint density at radius 1 is 1.00 bits per heavy atom. The van der Waals surface area contributed by atoms with Gasteiger partial charge in [0.05, 0.1) is 0 Å². The zero-order valence-corrected chi connectivity index (χ0v) is 7.05. The van der Waals surface area contributed by atoms with E-state index >= 15 is 0 Å². The Kier molecular flexibility index (Phi) is 12.1. The van der Waals surface area contributed by atoms with E-state index in [1.807, 2.05) is 0 Å². The molecule has 0 fully saturated rings. The number of rotatable bonds is 0. The molecule has 0 amide bonds. The molecule has 5 heteroatoms. The first kappa shape index (κ1) is 10.1. The van der Waals surface area contributed by atoms with Gasteiger partial charge in [0, 0.05) is 17.1 Å². The van der Waals surface area contributed by atoms with Crippen molar-refractivity contribution >= 4 is 29.1 Å². The van der Waals surface area contributed by atoms with Gasteiger partial charge in [-0.15, -0.1) is 0 Å². The summed E-state index contributed by atoms with van der Waals surface area (Å²) in [4.78, 5) is 0. The first-order valence-electron chi connectivity index (χ1n) is 0.401. The summed E-state index contributed by atoms with van der Waals surface area (Å²) in [6.45, 7) is 0. The van der Waals surface area contributed by atoms with Crippen LogP contribution in [0, 0.1) is 0 Å². The molecule has 0 aliphatic carbocycles. The van der Waals surface area contributed by atoms with E-state index in [9.17, 15) is 0 Å². The average Bonchev–Trinajstić information content (AvgIpc) is 0.811. The summed E-state index contributed by atoms with van der Waals surface area (Å²) in [7, 11) is 14.8. The smallest absolute Gasteiger partial charge is 0 e. The predicted molar refractivity (Wildman–Crippen MR) is 17.6 cm³/mol. The van der Waals surface area contributed by atoms with Crippen molar-refractivity contribution in [3.8, 4) is 0 Å². The van der Waals surface area contributed by atoms with Gasteiger partial charge in [-0.3, -0.25) is 0 Å². The molecule has 0 aromatic carbocycles. The summed E-state index contributed by atoms with van der Waals surface area (Å²) in [5, 5.41) is 0. The molecule has 0 rings (SSSR count). The van der Waals surface area contributed by atoms with Gasteiger partial charge in [-0.1, -0.05) is 0 Å². The zero-order chi connectivity index (χ0) is 3.58. The van der Waals surface area contributed by atoms with Crippen molar-refractivity contribution in [3.63, 3.8) is 0 Å². The van der Waals surface area contributed by atoms with Crippen LogP contribution in [0.4, 0.5) is 0 Å². The van der Waals surface area contributed by atoms with Crippen molar-refractivity contribution in [2.24, 2.45) is 0 Å². The first-order chi connectivity index (χ1) is 1.73. The van der Waals surface area contributed by atoms with Crippen molar-refractivity contribution in [2.75, 3.05) is 0 Å². The van der Waals surface area contributed by atoms with Crippen LogP contribution in [-0.4, -0.2) is 0 Å². The Labute approximate surface area is 58.7 Å². The monoisotopic (exact) mass is 262 g/mol. The van der Waals surface area contributed by atoms with Gasteiger partial charge < -0.3 is 0 Å². The Morgan fingerprint density at radius 3 is 1.00 bits per heavy atom. The standard InChI is InChI=1S/3ClH.Mn.Ru/h3*1H;;/q;;;;+3/p-3. The van der Waals surface area contributed by atoms with Crippen LogP contribution in [0.25, 0.3) is 0 Å². The average molecular weight is 262 g/mol. The number of hydrogen-bond donors (Lipinski definition) is 0. The molecule has 0 atom stereocenters. The SMILES string of the molecule is [Cl][Ru]([Cl])[Cl].[Mn]. The fourth-order valence-electron chi connectivity index (χ4n) is 0. The van der Waals surface area contributed by atoms with Crippen LogP contribution in [0.3, 0.4) is 0 Å². The Morgan fingerprint density at radius 2 is 1.00 bits per heavy atom. The van der Waals surface area contributed by atoms with Gasteiger partial charge >= 0.3 is 42.1 Å². The molecule has 0 spiro atoms. The summed E-state index contributed by atoms with van der Waals surface area (Å²) >= 11 is -1.75. The molecule has 0 saturated heterocycles. The first-order valence-corrected chi connectivity index (χ1v) is 7.12. The molecule has 0 aliphatic heterocycles. The maximum absolute atomic E-state index is 4.95. The quantitative estimate of drug-likeness (QED) is 0.586. The molecule has 0 aromatic rings. The topological polar surface area (TPSA) is 0 Å². The van der Waals surface area contributed by atoms with Crippen LogP contribution in [0.5, 0.6) is 0 Å². The fraction of sp³-hybridized carbons (Fsp3) is 0. The maximum atomic E-state index is 4.95. The van der Waals surface area contributed by atoms with Crippen molar-refractivity contribution < 1.29 is 30.0 Å². The summed E-state index contributed by atoms with van der Waals surface area (Å²) < 4.78 is 0. The van der Waals surface area contributed by atoms with Gasteiger partial charge in [0.15, 0.2) is 0 Å². The summed E-state index contributed by atoms with van der Waals surface area (Å²) in [6.07, 6.45) is 0. The second-order valence-corrected chi connectivity index (χ2v) is 8.07. The Hall–Kier alpha value is 2.01. The molecule has 0 saturated carbocycles. The zero-order valence-electron chi connectivity index (χ0n) is 1.87. The third-order valence-electron chi connectivity index (χ3n) is 0. The van der Waals surface area contributed by atoms with Crippen molar-refractivity contribution in [1.82, 2.24) is 0 Å². The summed E-state index contributed by atoms with van der Waals surface area (Å²) in [6, 6.07) is 0. The molecule has 1 radical (unpaired) electrons. The van der Waals surface area contributed by atoms with E-state index in [2.05, 4.69) is 0 Å². The summed E-state index contributed by atoms with van der Waals surface area (Å²) in [5.74, 6) is 0. The molecule has 0 N–H and O–H groups in total. The molecular formula is Cl3MnRu. The molecule has 0 bridgehead atoms. The van der Waals surface area contributed by atoms with Crippen molar-refractivity contribution in [2.45, 2.75) is 0 Å². The van der Waals surface area contributed by atoms with Crippen LogP contribution >= 0.6 is 29.1 Å². The van der Waals surface area contributed by atoms with E-state index in [0.717, 1.165) is 0 Å². The molecule has 5 heavy (non-hydrogen) atoms. The molecular weight excluding hydrogens is 262 g/mol. The second-order valence-electron chi connectivity index (χ2n) is 0.152. The Balaban J connectivity index is 0. The third kappa shape index (κ3) is 23.9. The second kappa shape index (κ2) is 6.01. The minimum absolute atomic E-state index is 0. The van der Waals surface area contributed by atoms with Crippen molar-refractivity contribution in [1.29, 1.82) is 0 Å². The van der Waals surface area contributed by atoms with Gasteiger partial charge in [0.25, 0.3) is 0 Å². The minimum atomic E-state index is -1.75. The summed E-state index contributed by atoms with van der Waals surface area (Å²) in [5.41, 5.74) is 0. The minimum Gasteiger partial charge on any atom is 0 e. The van der Waals surface area contributed by atoms with Crippen LogP contribution in [-0.2, 0) is 30.0 Å². The van der Waals surface area contributed by atoms with E-state index < -0.39 is 13.0 Å². The van der Waals surface area contributed by atoms with Crippen molar-refractivity contribution in [3.05, 3.63) is 0 Å². The third-order valence-corrected chi connectivity index (χ3v) is 0. The molecule has 0 nitrogen and oxygen atoms in total. The van der Waals surface area contributed by atoms with Gasteiger partial charge in [-0.25, -0.2) is 0 Å². The molecule has 36 valence electrons. The number of hydrogen-bond acceptors (Lipinski definition) is 0. The molecule has 0 heterocycles. The Bertz CT molecular complexity index is 11.6. The molecule has 0 aromatic heterocycles.